The van der Waals surface area contributed by atoms with Crippen LogP contribution in [0.4, 0.5) is 10.1 Å². The number of nitrogen functional groups attached to an aromatic ring is 1. The SMILES string of the molecule is Nc1c(F)cccc1Sc1ccc2ccccc2c1. The molecule has 3 rings (SSSR count). The first-order valence-electron chi connectivity index (χ1n) is 5.95. The van der Waals surface area contributed by atoms with Gasteiger partial charge in [-0.2, -0.15) is 0 Å². The molecule has 0 heterocycles. The molecule has 19 heavy (non-hydrogen) atoms. The predicted molar refractivity (Wildman–Crippen MR) is 78.9 cm³/mol. The molecule has 0 fully saturated rings. The Morgan fingerprint density at radius 2 is 1.63 bits per heavy atom. The molecule has 1 nitrogen and oxygen atoms in total. The number of anilines is 1. The first-order chi connectivity index (χ1) is 9.24. The van der Waals surface area contributed by atoms with Crippen molar-refractivity contribution in [3.05, 3.63) is 66.5 Å². The van der Waals surface area contributed by atoms with Crippen LogP contribution in [0.25, 0.3) is 10.8 Å². The molecule has 94 valence electrons. The number of hydrogen-bond donors (Lipinski definition) is 1. The van der Waals surface area contributed by atoms with Gasteiger partial charge in [0.05, 0.1) is 5.69 Å². The molecule has 3 aromatic carbocycles. The normalized spacial score (nSPS) is 10.8. The third-order valence-corrected chi connectivity index (χ3v) is 4.03. The highest BCUT2D eigenvalue weighted by Crippen LogP contribution is 2.34. The maximum atomic E-state index is 13.4. The third kappa shape index (κ3) is 2.42. The van der Waals surface area contributed by atoms with E-state index in [0.29, 0.717) is 0 Å². The van der Waals surface area contributed by atoms with Crippen molar-refractivity contribution in [3.8, 4) is 0 Å². The highest BCUT2D eigenvalue weighted by Gasteiger charge is 2.06. The van der Waals surface area contributed by atoms with Crippen molar-refractivity contribution in [2.24, 2.45) is 0 Å². The van der Waals surface area contributed by atoms with Gasteiger partial charge in [0, 0.05) is 9.79 Å². The molecule has 0 atom stereocenters. The largest absolute Gasteiger partial charge is 0.395 e. The molecule has 0 radical (unpaired) electrons. The molecule has 0 aliphatic rings. The van der Waals surface area contributed by atoms with Crippen molar-refractivity contribution in [1.29, 1.82) is 0 Å². The Morgan fingerprint density at radius 1 is 0.842 bits per heavy atom. The minimum absolute atomic E-state index is 0.209. The van der Waals surface area contributed by atoms with Crippen LogP contribution in [-0.2, 0) is 0 Å². The molecule has 2 N–H and O–H groups in total. The summed E-state index contributed by atoms with van der Waals surface area (Å²) < 4.78 is 13.4. The summed E-state index contributed by atoms with van der Waals surface area (Å²) in [5.41, 5.74) is 5.96. The summed E-state index contributed by atoms with van der Waals surface area (Å²) in [4.78, 5) is 1.80. The molecule has 0 aromatic heterocycles. The smallest absolute Gasteiger partial charge is 0.147 e. The van der Waals surface area contributed by atoms with Crippen molar-refractivity contribution in [2.75, 3.05) is 5.73 Å². The number of nitrogens with two attached hydrogens (primary N) is 1. The quantitative estimate of drug-likeness (QED) is 0.682. The maximum Gasteiger partial charge on any atom is 0.147 e. The van der Waals surface area contributed by atoms with Gasteiger partial charge in [-0.3, -0.25) is 0 Å². The minimum atomic E-state index is -0.370. The number of rotatable bonds is 2. The van der Waals surface area contributed by atoms with E-state index in [9.17, 15) is 4.39 Å². The number of halogens is 1. The number of para-hydroxylation sites is 1. The van der Waals surface area contributed by atoms with Crippen molar-refractivity contribution < 1.29 is 4.39 Å². The van der Waals surface area contributed by atoms with Crippen LogP contribution in [0, 0.1) is 5.82 Å². The summed E-state index contributed by atoms with van der Waals surface area (Å²) in [6.07, 6.45) is 0. The third-order valence-electron chi connectivity index (χ3n) is 2.96. The van der Waals surface area contributed by atoms with Gasteiger partial charge in [-0.1, -0.05) is 48.2 Å². The second-order valence-electron chi connectivity index (χ2n) is 4.26. The Bertz CT molecular complexity index is 740. The average molecular weight is 269 g/mol. The zero-order chi connectivity index (χ0) is 13.2. The molecule has 3 aromatic rings. The van der Waals surface area contributed by atoms with Crippen LogP contribution in [0.15, 0.2) is 70.5 Å². The van der Waals surface area contributed by atoms with E-state index >= 15 is 0 Å². The molecular weight excluding hydrogens is 257 g/mol. The van der Waals surface area contributed by atoms with Gasteiger partial charge in [-0.05, 0) is 35.0 Å². The van der Waals surface area contributed by atoms with Gasteiger partial charge in [0.25, 0.3) is 0 Å². The number of benzene rings is 3. The first-order valence-corrected chi connectivity index (χ1v) is 6.76. The zero-order valence-electron chi connectivity index (χ0n) is 10.1. The van der Waals surface area contributed by atoms with Crippen molar-refractivity contribution >= 4 is 28.2 Å². The number of fused-ring (bicyclic) bond motifs is 1. The molecule has 0 unspecified atom stereocenters. The molecule has 0 spiro atoms. The molecule has 0 aliphatic heterocycles. The van der Waals surface area contributed by atoms with E-state index in [2.05, 4.69) is 24.3 Å². The van der Waals surface area contributed by atoms with E-state index in [1.807, 2.05) is 24.3 Å². The minimum Gasteiger partial charge on any atom is -0.395 e. The lowest BCUT2D eigenvalue weighted by Crippen LogP contribution is -1.92. The van der Waals surface area contributed by atoms with Crippen LogP contribution in [0.1, 0.15) is 0 Å². The lowest BCUT2D eigenvalue weighted by molar-refractivity contribution is 0.629. The lowest BCUT2D eigenvalue weighted by atomic mass is 10.1. The fourth-order valence-electron chi connectivity index (χ4n) is 1.96. The maximum absolute atomic E-state index is 13.4. The summed E-state index contributed by atoms with van der Waals surface area (Å²) in [7, 11) is 0. The zero-order valence-corrected chi connectivity index (χ0v) is 11.0. The van der Waals surface area contributed by atoms with Crippen LogP contribution >= 0.6 is 11.8 Å². The Labute approximate surface area is 115 Å². The topological polar surface area (TPSA) is 26.0 Å². The van der Waals surface area contributed by atoms with Crippen LogP contribution < -0.4 is 5.73 Å². The van der Waals surface area contributed by atoms with Crippen molar-refractivity contribution in [2.45, 2.75) is 9.79 Å². The molecule has 3 heteroatoms. The van der Waals surface area contributed by atoms with Crippen LogP contribution in [0.3, 0.4) is 0 Å². The Balaban J connectivity index is 1.99. The summed E-state index contributed by atoms with van der Waals surface area (Å²) in [6.45, 7) is 0. The molecular formula is C16H12FNS. The Kier molecular flexibility index (Phi) is 3.13. The van der Waals surface area contributed by atoms with Crippen molar-refractivity contribution in [3.63, 3.8) is 0 Å². The predicted octanol–water partition coefficient (Wildman–Crippen LogP) is 4.71. The van der Waals surface area contributed by atoms with Gasteiger partial charge in [0.2, 0.25) is 0 Å². The summed E-state index contributed by atoms with van der Waals surface area (Å²) in [6, 6.07) is 19.2. The second-order valence-corrected chi connectivity index (χ2v) is 5.38. The summed E-state index contributed by atoms with van der Waals surface area (Å²) in [5.74, 6) is -0.370. The highest BCUT2D eigenvalue weighted by atomic mass is 32.2. The van der Waals surface area contributed by atoms with E-state index in [4.69, 9.17) is 5.73 Å². The van der Waals surface area contributed by atoms with E-state index in [1.165, 1.54) is 28.6 Å². The van der Waals surface area contributed by atoms with Gasteiger partial charge >= 0.3 is 0 Å². The molecule has 0 amide bonds. The fraction of sp³-hybridized carbons (Fsp3) is 0. The van der Waals surface area contributed by atoms with Crippen LogP contribution in [0.5, 0.6) is 0 Å². The Hall–Kier alpha value is -2.00. The molecule has 0 aliphatic carbocycles. The Morgan fingerprint density at radius 3 is 2.47 bits per heavy atom. The van der Waals surface area contributed by atoms with Gasteiger partial charge < -0.3 is 5.73 Å². The van der Waals surface area contributed by atoms with E-state index in [1.54, 1.807) is 6.07 Å². The molecule has 0 bridgehead atoms. The fourth-order valence-corrected chi connectivity index (χ4v) is 2.89. The van der Waals surface area contributed by atoms with Crippen molar-refractivity contribution in [1.82, 2.24) is 0 Å². The van der Waals surface area contributed by atoms with Crippen LogP contribution in [0.2, 0.25) is 0 Å². The van der Waals surface area contributed by atoms with Gasteiger partial charge in [-0.15, -0.1) is 0 Å². The standard InChI is InChI=1S/C16H12FNS/c17-14-6-3-7-15(16(14)18)19-13-9-8-11-4-1-2-5-12(11)10-13/h1-10H,18H2. The van der Waals surface area contributed by atoms with E-state index < -0.39 is 0 Å². The molecule has 0 saturated carbocycles. The van der Waals surface area contributed by atoms with Gasteiger partial charge in [0.1, 0.15) is 5.82 Å². The van der Waals surface area contributed by atoms with Crippen LogP contribution in [-0.4, -0.2) is 0 Å². The first kappa shape index (κ1) is 12.1. The summed E-state index contributed by atoms with van der Waals surface area (Å²) >= 11 is 1.48. The average Bonchev–Trinajstić information content (AvgIpc) is 2.44. The molecule has 0 saturated heterocycles. The summed E-state index contributed by atoms with van der Waals surface area (Å²) in [5, 5.41) is 2.36. The number of hydrogen-bond acceptors (Lipinski definition) is 2. The monoisotopic (exact) mass is 269 g/mol. The second kappa shape index (κ2) is 4.94. The van der Waals surface area contributed by atoms with E-state index in [-0.39, 0.29) is 11.5 Å². The lowest BCUT2D eigenvalue weighted by Gasteiger charge is -2.07. The van der Waals surface area contributed by atoms with Gasteiger partial charge in [0.15, 0.2) is 0 Å². The highest BCUT2D eigenvalue weighted by molar-refractivity contribution is 7.99. The van der Waals surface area contributed by atoms with Gasteiger partial charge in [-0.25, -0.2) is 4.39 Å². The van der Waals surface area contributed by atoms with E-state index in [0.717, 1.165) is 9.79 Å².